The van der Waals surface area contributed by atoms with E-state index in [2.05, 4.69) is 37.3 Å². The Labute approximate surface area is 255 Å². The quantitative estimate of drug-likeness (QED) is 0.295. The van der Waals surface area contributed by atoms with Gasteiger partial charge in [-0.3, -0.25) is 4.79 Å². The number of aryl methyl sites for hydroxylation is 1. The lowest BCUT2D eigenvalue weighted by molar-refractivity contribution is -0.141. The normalized spacial score (nSPS) is 25.6. The van der Waals surface area contributed by atoms with Crippen LogP contribution in [0.25, 0.3) is 0 Å². The molecule has 0 radical (unpaired) electrons. The van der Waals surface area contributed by atoms with Crippen molar-refractivity contribution in [1.29, 1.82) is 0 Å². The van der Waals surface area contributed by atoms with E-state index in [9.17, 15) is 9.59 Å². The molecule has 0 aromatic heterocycles. The Morgan fingerprint density at radius 2 is 1.74 bits per heavy atom. The first-order valence-corrected chi connectivity index (χ1v) is 15.6. The Bertz CT molecular complexity index is 1240. The SMILES string of the molecule is CCOC1OC1C1CN(C(=O)OC(C)(C)C)N(CCOC2CCC(c3c(C)cccc3OCc3ccccc3)CC2)C1=O. The van der Waals surface area contributed by atoms with Crippen molar-refractivity contribution in [1.82, 2.24) is 10.0 Å². The molecule has 1 aliphatic carbocycles. The molecule has 0 N–H and O–H groups in total. The second-order valence-corrected chi connectivity index (χ2v) is 12.7. The van der Waals surface area contributed by atoms with Gasteiger partial charge in [-0.05, 0) is 83.4 Å². The molecule has 43 heavy (non-hydrogen) atoms. The first-order chi connectivity index (χ1) is 20.6. The zero-order valence-corrected chi connectivity index (χ0v) is 26.1. The maximum Gasteiger partial charge on any atom is 0.429 e. The van der Waals surface area contributed by atoms with E-state index < -0.39 is 23.9 Å². The van der Waals surface area contributed by atoms with E-state index >= 15 is 0 Å². The fourth-order valence-corrected chi connectivity index (χ4v) is 6.19. The Kier molecular flexibility index (Phi) is 9.94. The van der Waals surface area contributed by atoms with Gasteiger partial charge >= 0.3 is 6.09 Å². The van der Waals surface area contributed by atoms with E-state index in [-0.39, 0.29) is 31.2 Å². The molecule has 1 saturated carbocycles. The van der Waals surface area contributed by atoms with Crippen LogP contribution in [0.3, 0.4) is 0 Å². The van der Waals surface area contributed by atoms with Crippen LogP contribution in [0.5, 0.6) is 5.75 Å². The minimum Gasteiger partial charge on any atom is -0.489 e. The standard InChI is InChI=1S/C34H46N2O7/c1-6-39-32-30(42-32)27-21-36(33(38)43-34(3,4)5)35(31(27)37)19-20-40-26-17-15-25(16-18-26)29-23(2)11-10-14-28(29)41-22-24-12-8-7-9-13-24/h7-14,25-27,30,32H,6,15-22H2,1-5H3. The summed E-state index contributed by atoms with van der Waals surface area (Å²) in [5.74, 6) is 0.732. The van der Waals surface area contributed by atoms with Gasteiger partial charge in [0.1, 0.15) is 24.1 Å². The summed E-state index contributed by atoms with van der Waals surface area (Å²) in [6.07, 6.45) is 2.68. The summed E-state index contributed by atoms with van der Waals surface area (Å²) in [6, 6.07) is 16.5. The van der Waals surface area contributed by atoms with Gasteiger partial charge in [-0.1, -0.05) is 42.5 Å². The highest BCUT2D eigenvalue weighted by Gasteiger charge is 2.55. The predicted molar refractivity (Wildman–Crippen MR) is 161 cm³/mol. The first kappa shape index (κ1) is 31.3. The number of carbonyl (C=O) groups is 2. The maximum absolute atomic E-state index is 13.4. The molecule has 2 saturated heterocycles. The molecule has 0 bridgehead atoms. The second-order valence-electron chi connectivity index (χ2n) is 12.7. The molecule has 9 heteroatoms. The molecule has 234 valence electrons. The molecule has 3 unspecified atom stereocenters. The van der Waals surface area contributed by atoms with E-state index in [1.165, 1.54) is 21.1 Å². The summed E-state index contributed by atoms with van der Waals surface area (Å²) in [7, 11) is 0. The summed E-state index contributed by atoms with van der Waals surface area (Å²) in [5.41, 5.74) is 3.03. The molecule has 3 atom stereocenters. The van der Waals surface area contributed by atoms with Crippen LogP contribution in [0.1, 0.15) is 76.0 Å². The summed E-state index contributed by atoms with van der Waals surface area (Å²) in [5, 5.41) is 2.87. The van der Waals surface area contributed by atoms with E-state index in [0.29, 0.717) is 25.7 Å². The van der Waals surface area contributed by atoms with Gasteiger partial charge in [-0.15, -0.1) is 0 Å². The summed E-state index contributed by atoms with van der Waals surface area (Å²) in [6.45, 7) is 11.4. The molecule has 2 aliphatic heterocycles. The minimum atomic E-state index is -0.674. The van der Waals surface area contributed by atoms with Crippen LogP contribution in [0.15, 0.2) is 48.5 Å². The number of rotatable bonds is 11. The number of carbonyl (C=O) groups excluding carboxylic acids is 2. The summed E-state index contributed by atoms with van der Waals surface area (Å²) in [4.78, 5) is 26.4. The molecule has 5 rings (SSSR count). The molecule has 2 amide bonds. The van der Waals surface area contributed by atoms with Gasteiger partial charge in [0.15, 0.2) is 6.29 Å². The van der Waals surface area contributed by atoms with Crippen molar-refractivity contribution in [2.24, 2.45) is 5.92 Å². The molecule has 2 aromatic rings. The number of epoxide rings is 1. The van der Waals surface area contributed by atoms with Crippen molar-refractivity contribution in [3.05, 3.63) is 65.2 Å². The molecule has 2 heterocycles. The average Bonchev–Trinajstić information content (AvgIpc) is 3.66. The average molecular weight is 595 g/mol. The zero-order valence-electron chi connectivity index (χ0n) is 26.1. The minimum absolute atomic E-state index is 0.103. The maximum atomic E-state index is 13.4. The molecule has 3 aliphatic rings. The van der Waals surface area contributed by atoms with Crippen molar-refractivity contribution in [2.45, 2.75) is 96.9 Å². The first-order valence-electron chi connectivity index (χ1n) is 15.6. The van der Waals surface area contributed by atoms with E-state index in [1.807, 2.05) is 45.9 Å². The van der Waals surface area contributed by atoms with Crippen molar-refractivity contribution in [3.63, 3.8) is 0 Å². The van der Waals surface area contributed by atoms with Crippen LogP contribution >= 0.6 is 0 Å². The van der Waals surface area contributed by atoms with Gasteiger partial charge in [0, 0.05) is 12.2 Å². The van der Waals surface area contributed by atoms with Gasteiger partial charge in [0.25, 0.3) is 0 Å². The third-order valence-electron chi connectivity index (χ3n) is 8.31. The highest BCUT2D eigenvalue weighted by Crippen LogP contribution is 2.41. The van der Waals surface area contributed by atoms with E-state index in [4.69, 9.17) is 23.7 Å². The number of amides is 2. The van der Waals surface area contributed by atoms with Crippen LogP contribution < -0.4 is 4.74 Å². The number of hydrazine groups is 1. The Morgan fingerprint density at radius 1 is 1.00 bits per heavy atom. The van der Waals surface area contributed by atoms with E-state index in [1.54, 1.807) is 0 Å². The predicted octanol–water partition coefficient (Wildman–Crippen LogP) is 5.99. The highest BCUT2D eigenvalue weighted by molar-refractivity contribution is 5.85. The lowest BCUT2D eigenvalue weighted by atomic mass is 9.80. The van der Waals surface area contributed by atoms with Gasteiger partial charge < -0.3 is 23.7 Å². The van der Waals surface area contributed by atoms with Gasteiger partial charge in [-0.2, -0.15) is 0 Å². The van der Waals surface area contributed by atoms with E-state index in [0.717, 1.165) is 37.0 Å². The summed E-state index contributed by atoms with van der Waals surface area (Å²) < 4.78 is 29.3. The third kappa shape index (κ3) is 7.88. The summed E-state index contributed by atoms with van der Waals surface area (Å²) >= 11 is 0. The topological polar surface area (TPSA) is 90.1 Å². The fourth-order valence-electron chi connectivity index (χ4n) is 6.19. The zero-order chi connectivity index (χ0) is 30.6. The van der Waals surface area contributed by atoms with Crippen LogP contribution in [0.4, 0.5) is 4.79 Å². The third-order valence-corrected chi connectivity index (χ3v) is 8.31. The van der Waals surface area contributed by atoms with Crippen molar-refractivity contribution < 1.29 is 33.3 Å². The molecule has 2 aromatic carbocycles. The van der Waals surface area contributed by atoms with Crippen molar-refractivity contribution in [3.8, 4) is 5.75 Å². The number of hydrogen-bond donors (Lipinski definition) is 0. The van der Waals surface area contributed by atoms with Crippen LogP contribution in [-0.4, -0.2) is 72.4 Å². The van der Waals surface area contributed by atoms with Gasteiger partial charge in [-0.25, -0.2) is 14.8 Å². The van der Waals surface area contributed by atoms with Gasteiger partial charge in [0.2, 0.25) is 5.91 Å². The smallest absolute Gasteiger partial charge is 0.429 e. The van der Waals surface area contributed by atoms with Gasteiger partial charge in [0.05, 0.1) is 31.7 Å². The Morgan fingerprint density at radius 3 is 2.44 bits per heavy atom. The molecular weight excluding hydrogens is 548 g/mol. The van der Waals surface area contributed by atoms with Crippen molar-refractivity contribution >= 4 is 12.0 Å². The number of benzene rings is 2. The monoisotopic (exact) mass is 594 g/mol. The Balaban J connectivity index is 1.14. The Hall–Kier alpha value is -3.14. The second kappa shape index (κ2) is 13.7. The molecule has 3 fully saturated rings. The van der Waals surface area contributed by atoms with Crippen LogP contribution in [0.2, 0.25) is 0 Å². The number of nitrogens with zero attached hydrogens (tertiary/aromatic N) is 2. The largest absolute Gasteiger partial charge is 0.489 e. The number of hydrogen-bond acceptors (Lipinski definition) is 7. The fraction of sp³-hybridized carbons (Fsp3) is 0.588. The lowest BCUT2D eigenvalue weighted by Gasteiger charge is -2.32. The number of ether oxygens (including phenoxy) is 5. The lowest BCUT2D eigenvalue weighted by Crippen LogP contribution is -2.47. The van der Waals surface area contributed by atoms with Crippen LogP contribution in [-0.2, 0) is 30.3 Å². The highest BCUT2D eigenvalue weighted by atomic mass is 16.8. The molecule has 9 nitrogen and oxygen atoms in total. The molecular formula is C34H46N2O7. The van der Waals surface area contributed by atoms with Crippen molar-refractivity contribution in [2.75, 3.05) is 26.3 Å². The van der Waals surface area contributed by atoms with Crippen LogP contribution in [0, 0.1) is 12.8 Å². The molecule has 0 spiro atoms.